The van der Waals surface area contributed by atoms with Crippen molar-refractivity contribution in [1.82, 2.24) is 9.88 Å². The first-order chi connectivity index (χ1) is 13.1. The van der Waals surface area contributed by atoms with E-state index in [0.717, 1.165) is 54.9 Å². The Hall–Kier alpha value is -2.11. The minimum absolute atomic E-state index is 0.770. The van der Waals surface area contributed by atoms with E-state index in [1.807, 2.05) is 6.92 Å². The van der Waals surface area contributed by atoms with Crippen molar-refractivity contribution in [3.05, 3.63) is 58.3 Å². The van der Waals surface area contributed by atoms with Crippen molar-refractivity contribution < 1.29 is 4.42 Å². The Morgan fingerprint density at radius 2 is 1.85 bits per heavy atom. The van der Waals surface area contributed by atoms with E-state index in [4.69, 9.17) is 9.40 Å². The van der Waals surface area contributed by atoms with Crippen molar-refractivity contribution in [1.29, 1.82) is 0 Å². The van der Waals surface area contributed by atoms with Crippen molar-refractivity contribution in [2.75, 3.05) is 31.1 Å². The second kappa shape index (κ2) is 7.87. The molecule has 3 heterocycles. The molecule has 0 bridgehead atoms. The van der Waals surface area contributed by atoms with Crippen LogP contribution in [0.5, 0.6) is 0 Å². The Labute approximate surface area is 165 Å². The fourth-order valence-electron chi connectivity index (χ4n) is 3.76. The predicted molar refractivity (Wildman–Crippen MR) is 113 cm³/mol. The summed E-state index contributed by atoms with van der Waals surface area (Å²) in [6.45, 7) is 11.5. The number of para-hydroxylation sites is 1. The van der Waals surface area contributed by atoms with Crippen LogP contribution >= 0.6 is 11.3 Å². The largest absolute Gasteiger partial charge is 0.440 e. The second-order valence-corrected chi connectivity index (χ2v) is 8.27. The van der Waals surface area contributed by atoms with Gasteiger partial charge in [0.25, 0.3) is 0 Å². The molecule has 4 rings (SSSR count). The lowest BCUT2D eigenvalue weighted by Gasteiger charge is -2.25. The fourth-order valence-corrected chi connectivity index (χ4v) is 4.61. The SMILES string of the molecule is Cc1ccccc1N1CCCN(Cc2nc(-c3sccc3C)oc2C)CC1. The van der Waals surface area contributed by atoms with Crippen molar-refractivity contribution >= 4 is 17.0 Å². The molecule has 0 radical (unpaired) electrons. The number of hydrogen-bond acceptors (Lipinski definition) is 5. The fraction of sp³-hybridized carbons (Fsp3) is 0.409. The molecule has 0 spiro atoms. The van der Waals surface area contributed by atoms with Gasteiger partial charge in [0.2, 0.25) is 5.89 Å². The van der Waals surface area contributed by atoms with E-state index in [1.165, 1.54) is 23.2 Å². The molecule has 2 aromatic heterocycles. The van der Waals surface area contributed by atoms with Gasteiger partial charge >= 0.3 is 0 Å². The molecule has 27 heavy (non-hydrogen) atoms. The van der Waals surface area contributed by atoms with Gasteiger partial charge in [0, 0.05) is 38.4 Å². The number of oxazole rings is 1. The zero-order chi connectivity index (χ0) is 18.8. The molecule has 0 saturated carbocycles. The van der Waals surface area contributed by atoms with Crippen LogP contribution in [0.2, 0.25) is 0 Å². The summed E-state index contributed by atoms with van der Waals surface area (Å²) in [5.41, 5.74) is 5.03. The number of anilines is 1. The molecule has 4 nitrogen and oxygen atoms in total. The summed E-state index contributed by atoms with van der Waals surface area (Å²) < 4.78 is 5.98. The maximum atomic E-state index is 5.98. The lowest BCUT2D eigenvalue weighted by molar-refractivity contribution is 0.281. The van der Waals surface area contributed by atoms with Crippen LogP contribution < -0.4 is 4.90 Å². The van der Waals surface area contributed by atoms with Crippen LogP contribution in [0.1, 0.15) is 29.0 Å². The van der Waals surface area contributed by atoms with Gasteiger partial charge in [-0.2, -0.15) is 0 Å². The lowest BCUT2D eigenvalue weighted by Crippen LogP contribution is -2.31. The molecule has 142 valence electrons. The number of thiophene rings is 1. The standard InChI is InChI=1S/C22H27N3OS/c1-16-7-4-5-8-20(16)25-11-6-10-24(12-13-25)15-19-18(3)26-22(23-19)21-17(2)9-14-27-21/h4-5,7-9,14H,6,10-13,15H2,1-3H3. The van der Waals surface area contributed by atoms with Crippen molar-refractivity contribution in [3.8, 4) is 10.8 Å². The van der Waals surface area contributed by atoms with Crippen LogP contribution in [0.25, 0.3) is 10.8 Å². The van der Waals surface area contributed by atoms with Gasteiger partial charge in [-0.25, -0.2) is 4.98 Å². The minimum atomic E-state index is 0.770. The zero-order valence-corrected chi connectivity index (χ0v) is 17.2. The third-order valence-electron chi connectivity index (χ3n) is 5.37. The van der Waals surface area contributed by atoms with Gasteiger partial charge in [-0.1, -0.05) is 18.2 Å². The maximum Gasteiger partial charge on any atom is 0.237 e. The molecular weight excluding hydrogens is 354 g/mol. The topological polar surface area (TPSA) is 32.5 Å². The first-order valence-electron chi connectivity index (χ1n) is 9.65. The summed E-state index contributed by atoms with van der Waals surface area (Å²) in [5.74, 6) is 1.71. The Balaban J connectivity index is 1.44. The molecule has 0 aliphatic carbocycles. The van der Waals surface area contributed by atoms with Crippen LogP contribution in [0.3, 0.4) is 0 Å². The monoisotopic (exact) mass is 381 g/mol. The third kappa shape index (κ3) is 3.94. The number of aromatic nitrogens is 1. The normalized spacial score (nSPS) is 15.9. The van der Waals surface area contributed by atoms with Gasteiger partial charge in [-0.3, -0.25) is 4.90 Å². The molecule has 0 atom stereocenters. The highest BCUT2D eigenvalue weighted by atomic mass is 32.1. The summed E-state index contributed by atoms with van der Waals surface area (Å²) in [6.07, 6.45) is 1.17. The molecular formula is C22H27N3OS. The molecule has 5 heteroatoms. The molecule has 3 aromatic rings. The minimum Gasteiger partial charge on any atom is -0.440 e. The number of benzene rings is 1. The van der Waals surface area contributed by atoms with Crippen LogP contribution in [0.15, 0.2) is 40.1 Å². The van der Waals surface area contributed by atoms with Crippen LogP contribution in [-0.2, 0) is 6.54 Å². The number of nitrogens with zero attached hydrogens (tertiary/aromatic N) is 3. The smallest absolute Gasteiger partial charge is 0.237 e. The van der Waals surface area contributed by atoms with Gasteiger partial charge in [0.1, 0.15) is 5.76 Å². The quantitative estimate of drug-likeness (QED) is 0.634. The Kier molecular flexibility index (Phi) is 5.32. The van der Waals surface area contributed by atoms with Gasteiger partial charge in [-0.05, 0) is 55.8 Å². The zero-order valence-electron chi connectivity index (χ0n) is 16.4. The van der Waals surface area contributed by atoms with E-state index in [1.54, 1.807) is 11.3 Å². The highest BCUT2D eigenvalue weighted by molar-refractivity contribution is 7.13. The summed E-state index contributed by atoms with van der Waals surface area (Å²) in [5, 5.41) is 2.10. The Morgan fingerprint density at radius 1 is 1.00 bits per heavy atom. The third-order valence-corrected chi connectivity index (χ3v) is 6.37. The predicted octanol–water partition coefficient (Wildman–Crippen LogP) is 5.04. The molecule has 0 N–H and O–H groups in total. The summed E-state index contributed by atoms with van der Waals surface area (Å²) in [7, 11) is 0. The highest BCUT2D eigenvalue weighted by Gasteiger charge is 2.20. The average molecular weight is 382 g/mol. The Bertz CT molecular complexity index is 914. The molecule has 1 aliphatic rings. The Morgan fingerprint density at radius 3 is 2.63 bits per heavy atom. The van der Waals surface area contributed by atoms with Crippen molar-refractivity contribution in [2.24, 2.45) is 0 Å². The van der Waals surface area contributed by atoms with Crippen molar-refractivity contribution in [2.45, 2.75) is 33.7 Å². The van der Waals surface area contributed by atoms with Gasteiger partial charge < -0.3 is 9.32 Å². The molecule has 0 amide bonds. The van der Waals surface area contributed by atoms with Crippen LogP contribution in [-0.4, -0.2) is 36.1 Å². The second-order valence-electron chi connectivity index (χ2n) is 7.36. The van der Waals surface area contributed by atoms with E-state index in [0.29, 0.717) is 0 Å². The van der Waals surface area contributed by atoms with E-state index < -0.39 is 0 Å². The number of hydrogen-bond donors (Lipinski definition) is 0. The van der Waals surface area contributed by atoms with Crippen LogP contribution in [0.4, 0.5) is 5.69 Å². The molecule has 1 aromatic carbocycles. The summed E-state index contributed by atoms with van der Waals surface area (Å²) >= 11 is 1.70. The van der Waals surface area contributed by atoms with Gasteiger partial charge in [0.15, 0.2) is 0 Å². The van der Waals surface area contributed by atoms with Crippen molar-refractivity contribution in [3.63, 3.8) is 0 Å². The van der Waals surface area contributed by atoms with Gasteiger partial charge in [-0.15, -0.1) is 11.3 Å². The molecule has 0 unspecified atom stereocenters. The molecule has 1 fully saturated rings. The van der Waals surface area contributed by atoms with E-state index in [2.05, 4.69) is 59.4 Å². The highest BCUT2D eigenvalue weighted by Crippen LogP contribution is 2.30. The van der Waals surface area contributed by atoms with Gasteiger partial charge in [0.05, 0.1) is 10.6 Å². The first kappa shape index (κ1) is 18.3. The molecule has 1 aliphatic heterocycles. The summed E-state index contributed by atoms with van der Waals surface area (Å²) in [6, 6.07) is 10.8. The van der Waals surface area contributed by atoms with E-state index in [-0.39, 0.29) is 0 Å². The number of aryl methyl sites for hydroxylation is 3. The number of rotatable bonds is 4. The lowest BCUT2D eigenvalue weighted by atomic mass is 10.2. The van der Waals surface area contributed by atoms with Crippen LogP contribution in [0, 0.1) is 20.8 Å². The first-order valence-corrected chi connectivity index (χ1v) is 10.5. The average Bonchev–Trinajstić information content (AvgIpc) is 3.15. The molecule has 1 saturated heterocycles. The van der Waals surface area contributed by atoms with E-state index in [9.17, 15) is 0 Å². The maximum absolute atomic E-state index is 5.98. The van der Waals surface area contributed by atoms with E-state index >= 15 is 0 Å². The summed E-state index contributed by atoms with van der Waals surface area (Å²) in [4.78, 5) is 11.0.